The molecule has 0 saturated heterocycles. The number of halogens is 2. The van der Waals surface area contributed by atoms with Crippen LogP contribution < -0.4 is 0 Å². The summed E-state index contributed by atoms with van der Waals surface area (Å²) in [5.74, 6) is 0.771. The molecule has 0 atom stereocenters. The van der Waals surface area contributed by atoms with Crippen molar-refractivity contribution >= 4 is 28.6 Å². The first-order valence-corrected chi connectivity index (χ1v) is 6.20. The molecule has 1 N–H and O–H groups in total. The van der Waals surface area contributed by atoms with E-state index < -0.39 is 5.43 Å². The van der Waals surface area contributed by atoms with Gasteiger partial charge < -0.3 is 5.11 Å². The van der Waals surface area contributed by atoms with Crippen molar-refractivity contribution in [2.45, 2.75) is 32.6 Å². The Morgan fingerprint density at radius 1 is 1.29 bits per heavy atom. The Morgan fingerprint density at radius 3 is 2.06 bits per heavy atom. The number of carbonyl (C=O) groups is 1. The van der Waals surface area contributed by atoms with Gasteiger partial charge >= 0.3 is 5.43 Å². The first-order chi connectivity index (χ1) is 7.80. The van der Waals surface area contributed by atoms with Gasteiger partial charge in [-0.05, 0) is 41.9 Å². The van der Waals surface area contributed by atoms with E-state index in [2.05, 4.69) is 37.6 Å². The number of benzene rings is 1. The highest BCUT2D eigenvalue weighted by Gasteiger charge is 2.36. The van der Waals surface area contributed by atoms with Crippen LogP contribution in [0.15, 0.2) is 24.3 Å². The first kappa shape index (κ1) is 14.3. The smallest absolute Gasteiger partial charge is 0.401 e. The summed E-state index contributed by atoms with van der Waals surface area (Å²) < 4.78 is 0. The zero-order valence-electron chi connectivity index (χ0n) is 9.91. The average Bonchev–Trinajstić information content (AvgIpc) is 2.14. The minimum absolute atomic E-state index is 0.560. The highest BCUT2D eigenvalue weighted by Crippen LogP contribution is 2.50. The van der Waals surface area contributed by atoms with Crippen molar-refractivity contribution in [2.24, 2.45) is 5.41 Å². The van der Waals surface area contributed by atoms with Gasteiger partial charge in [0.15, 0.2) is 0 Å². The quantitative estimate of drug-likeness (QED) is 0.720. The van der Waals surface area contributed by atoms with E-state index in [-0.39, 0.29) is 0 Å². The summed E-state index contributed by atoms with van der Waals surface area (Å²) in [5.41, 5.74) is 0.647. The lowest BCUT2D eigenvalue weighted by molar-refractivity contribution is 0.151. The van der Waals surface area contributed by atoms with Gasteiger partial charge in [0.05, 0.1) is 0 Å². The van der Waals surface area contributed by atoms with Crippen molar-refractivity contribution in [2.75, 3.05) is 0 Å². The third-order valence-corrected chi connectivity index (χ3v) is 3.19. The zero-order chi connectivity index (χ0) is 13.1. The molecule has 1 fully saturated rings. The molecule has 2 nitrogen and oxygen atoms in total. The summed E-state index contributed by atoms with van der Waals surface area (Å²) in [6.45, 7) is 4.67. The molecule has 1 aliphatic rings. The van der Waals surface area contributed by atoms with Crippen LogP contribution in [0.25, 0.3) is 0 Å². The summed E-state index contributed by atoms with van der Waals surface area (Å²) in [6, 6.07) is 8.29. The number of hydrogen-bond acceptors (Lipinski definition) is 1. The van der Waals surface area contributed by atoms with E-state index in [1.165, 1.54) is 18.4 Å². The SMILES string of the molecule is CC1(C)CC(c2ccc(Cl)cc2)C1.O=C(O)Cl. The molecule has 2 rings (SSSR count). The van der Waals surface area contributed by atoms with Crippen LogP contribution in [-0.4, -0.2) is 10.5 Å². The molecule has 0 bridgehead atoms. The Hall–Kier alpha value is -0.730. The van der Waals surface area contributed by atoms with E-state index in [9.17, 15) is 0 Å². The van der Waals surface area contributed by atoms with Crippen LogP contribution in [0.4, 0.5) is 4.79 Å². The molecule has 0 aromatic heterocycles. The van der Waals surface area contributed by atoms with E-state index in [0.717, 1.165) is 10.9 Å². The molecule has 94 valence electrons. The summed E-state index contributed by atoms with van der Waals surface area (Å²) in [4.78, 5) is 8.77. The predicted octanol–water partition coefficient (Wildman–Crippen LogP) is 5.15. The fourth-order valence-electron chi connectivity index (χ4n) is 2.24. The largest absolute Gasteiger partial charge is 0.469 e. The maximum atomic E-state index is 8.77. The lowest BCUT2D eigenvalue weighted by Gasteiger charge is -2.43. The second kappa shape index (κ2) is 5.74. The maximum Gasteiger partial charge on any atom is 0.401 e. The molecule has 0 unspecified atom stereocenters. The lowest BCUT2D eigenvalue weighted by Crippen LogP contribution is -2.29. The van der Waals surface area contributed by atoms with Crippen LogP contribution in [0.3, 0.4) is 0 Å². The van der Waals surface area contributed by atoms with Gasteiger partial charge in [-0.15, -0.1) is 0 Å². The van der Waals surface area contributed by atoms with Gasteiger partial charge in [0.2, 0.25) is 0 Å². The van der Waals surface area contributed by atoms with Gasteiger partial charge in [-0.25, -0.2) is 4.79 Å². The molecule has 4 heteroatoms. The second-order valence-corrected chi connectivity index (χ2v) is 5.83. The molecule has 1 aromatic rings. The molecule has 1 aromatic carbocycles. The topological polar surface area (TPSA) is 37.3 Å². The van der Waals surface area contributed by atoms with Crippen LogP contribution in [0, 0.1) is 5.41 Å². The van der Waals surface area contributed by atoms with Gasteiger partial charge in [0.1, 0.15) is 0 Å². The highest BCUT2D eigenvalue weighted by atomic mass is 35.5. The van der Waals surface area contributed by atoms with Crippen molar-refractivity contribution < 1.29 is 9.90 Å². The summed E-state index contributed by atoms with van der Waals surface area (Å²) in [5, 5.41) is 8.02. The molecule has 0 spiro atoms. The molecule has 0 amide bonds. The van der Waals surface area contributed by atoms with Crippen molar-refractivity contribution in [1.82, 2.24) is 0 Å². The minimum Gasteiger partial charge on any atom is -0.469 e. The van der Waals surface area contributed by atoms with Crippen LogP contribution in [0.1, 0.15) is 38.2 Å². The minimum atomic E-state index is -1.36. The zero-order valence-corrected chi connectivity index (χ0v) is 11.4. The van der Waals surface area contributed by atoms with E-state index in [1.807, 2.05) is 12.1 Å². The Balaban J connectivity index is 0.000000317. The van der Waals surface area contributed by atoms with Crippen LogP contribution in [0.5, 0.6) is 0 Å². The molecular weight excluding hydrogens is 259 g/mol. The first-order valence-electron chi connectivity index (χ1n) is 5.44. The molecule has 1 saturated carbocycles. The van der Waals surface area contributed by atoms with E-state index in [1.54, 1.807) is 0 Å². The Bertz CT molecular complexity index is 373. The van der Waals surface area contributed by atoms with E-state index in [0.29, 0.717) is 5.41 Å². The van der Waals surface area contributed by atoms with Gasteiger partial charge in [-0.2, -0.15) is 0 Å². The van der Waals surface area contributed by atoms with Crippen molar-refractivity contribution in [1.29, 1.82) is 0 Å². The number of carboxylic acid groups (broad SMARTS) is 1. The van der Waals surface area contributed by atoms with Crippen LogP contribution in [0.2, 0.25) is 5.02 Å². The molecule has 0 aliphatic heterocycles. The lowest BCUT2D eigenvalue weighted by atomic mass is 9.62. The Kier molecular flexibility index (Phi) is 4.84. The van der Waals surface area contributed by atoms with Gasteiger partial charge in [-0.1, -0.05) is 37.6 Å². The number of rotatable bonds is 1. The molecule has 1 aliphatic carbocycles. The Labute approximate surface area is 112 Å². The third kappa shape index (κ3) is 4.97. The normalized spacial score (nSPS) is 17.6. The summed E-state index contributed by atoms with van der Waals surface area (Å²) >= 11 is 10.0. The molecule has 0 heterocycles. The predicted molar refractivity (Wildman–Crippen MR) is 71.1 cm³/mol. The van der Waals surface area contributed by atoms with E-state index >= 15 is 0 Å². The average molecular weight is 275 g/mol. The van der Waals surface area contributed by atoms with Gasteiger partial charge in [0.25, 0.3) is 0 Å². The fraction of sp³-hybridized carbons (Fsp3) is 0.462. The fourth-order valence-corrected chi connectivity index (χ4v) is 2.37. The molecule has 0 radical (unpaired) electrons. The Morgan fingerprint density at radius 2 is 1.71 bits per heavy atom. The van der Waals surface area contributed by atoms with Crippen molar-refractivity contribution in [3.63, 3.8) is 0 Å². The van der Waals surface area contributed by atoms with Crippen molar-refractivity contribution in [3.05, 3.63) is 34.9 Å². The highest BCUT2D eigenvalue weighted by molar-refractivity contribution is 6.60. The van der Waals surface area contributed by atoms with E-state index in [4.69, 9.17) is 21.5 Å². The third-order valence-electron chi connectivity index (χ3n) is 2.94. The standard InChI is InChI=1S/C12H15Cl.CHClO2/c1-12(2)7-10(8-12)9-3-5-11(13)6-4-9;2-1(3)4/h3-6,10H,7-8H2,1-2H3;(H,3,4). The summed E-state index contributed by atoms with van der Waals surface area (Å²) in [7, 11) is 0. The monoisotopic (exact) mass is 274 g/mol. The van der Waals surface area contributed by atoms with Crippen LogP contribution >= 0.6 is 23.2 Å². The van der Waals surface area contributed by atoms with Gasteiger partial charge in [0, 0.05) is 16.6 Å². The molecular formula is C13H16Cl2O2. The van der Waals surface area contributed by atoms with Crippen LogP contribution in [-0.2, 0) is 0 Å². The number of hydrogen-bond donors (Lipinski definition) is 1. The van der Waals surface area contributed by atoms with Gasteiger partial charge in [-0.3, -0.25) is 0 Å². The maximum absolute atomic E-state index is 8.77. The van der Waals surface area contributed by atoms with Crippen molar-refractivity contribution in [3.8, 4) is 0 Å². The second-order valence-electron chi connectivity index (χ2n) is 5.07. The summed E-state index contributed by atoms with van der Waals surface area (Å²) in [6.07, 6.45) is 2.63. The molecule has 17 heavy (non-hydrogen) atoms.